The summed E-state index contributed by atoms with van der Waals surface area (Å²) < 4.78 is 13.5. The van der Waals surface area contributed by atoms with Crippen molar-refractivity contribution in [3.63, 3.8) is 0 Å². The molecule has 0 bridgehead atoms. The van der Waals surface area contributed by atoms with Crippen LogP contribution in [-0.2, 0) is 0 Å². The third-order valence-electron chi connectivity index (χ3n) is 2.67. The Labute approximate surface area is 106 Å². The van der Waals surface area contributed by atoms with E-state index in [9.17, 15) is 9.18 Å². The van der Waals surface area contributed by atoms with Gasteiger partial charge in [0.25, 0.3) is 0 Å². The van der Waals surface area contributed by atoms with E-state index in [2.05, 4.69) is 18.7 Å². The second-order valence-corrected chi connectivity index (χ2v) is 4.76. The van der Waals surface area contributed by atoms with Crippen LogP contribution in [0.4, 0.5) is 4.39 Å². The van der Waals surface area contributed by atoms with Crippen molar-refractivity contribution in [1.29, 1.82) is 0 Å². The van der Waals surface area contributed by atoms with E-state index < -0.39 is 0 Å². The van der Waals surface area contributed by atoms with Gasteiger partial charge in [0.05, 0.1) is 4.90 Å². The van der Waals surface area contributed by atoms with Crippen molar-refractivity contribution in [2.24, 2.45) is 0 Å². The maximum atomic E-state index is 13.5. The van der Waals surface area contributed by atoms with Crippen LogP contribution in [0.15, 0.2) is 23.1 Å². The zero-order chi connectivity index (χ0) is 12.7. The normalized spacial score (nSPS) is 10.8. The molecule has 0 aliphatic heterocycles. The predicted octanol–water partition coefficient (Wildman–Crippen LogP) is 3.07. The molecule has 2 nitrogen and oxygen atoms in total. The van der Waals surface area contributed by atoms with Gasteiger partial charge in [-0.25, -0.2) is 4.39 Å². The van der Waals surface area contributed by atoms with Crippen LogP contribution in [0, 0.1) is 5.82 Å². The number of aldehydes is 1. The molecule has 0 aliphatic rings. The third kappa shape index (κ3) is 4.13. The van der Waals surface area contributed by atoms with Gasteiger partial charge in [0.2, 0.25) is 0 Å². The van der Waals surface area contributed by atoms with E-state index in [1.807, 2.05) is 0 Å². The quantitative estimate of drug-likeness (QED) is 0.551. The summed E-state index contributed by atoms with van der Waals surface area (Å²) in [4.78, 5) is 13.5. The van der Waals surface area contributed by atoms with E-state index in [4.69, 9.17) is 0 Å². The fraction of sp³-hybridized carbons (Fsp3) is 0.462. The van der Waals surface area contributed by atoms with Gasteiger partial charge in [-0.15, -0.1) is 11.8 Å². The molecule has 1 aromatic rings. The highest BCUT2D eigenvalue weighted by molar-refractivity contribution is 7.99. The maximum absolute atomic E-state index is 13.5. The van der Waals surface area contributed by atoms with Crippen LogP contribution in [0.5, 0.6) is 0 Å². The number of hydrogen-bond donors (Lipinski definition) is 0. The summed E-state index contributed by atoms with van der Waals surface area (Å²) in [6.07, 6.45) is 0.711. The van der Waals surface area contributed by atoms with E-state index in [0.717, 1.165) is 25.4 Å². The first-order valence-corrected chi connectivity index (χ1v) is 6.80. The van der Waals surface area contributed by atoms with Crippen LogP contribution in [0.2, 0.25) is 0 Å². The maximum Gasteiger partial charge on any atom is 0.151 e. The van der Waals surface area contributed by atoms with Crippen LogP contribution >= 0.6 is 11.8 Å². The second-order valence-electron chi connectivity index (χ2n) is 3.65. The van der Waals surface area contributed by atoms with Crippen molar-refractivity contribution < 1.29 is 9.18 Å². The molecular formula is C13H18FNOS. The van der Waals surface area contributed by atoms with E-state index in [0.29, 0.717) is 16.7 Å². The Balaban J connectivity index is 2.59. The summed E-state index contributed by atoms with van der Waals surface area (Å²) in [5.74, 6) is 0.489. The standard InChI is InChI=1S/C13H18FNOS/c1-3-15(4-2)8-9-17-13-11(10-16)6-5-7-12(13)14/h5-7,10H,3-4,8-9H2,1-2H3. The fourth-order valence-electron chi connectivity index (χ4n) is 1.59. The molecule has 4 heteroatoms. The Hall–Kier alpha value is -0.870. The van der Waals surface area contributed by atoms with Crippen molar-refractivity contribution in [3.05, 3.63) is 29.6 Å². The van der Waals surface area contributed by atoms with Gasteiger partial charge in [-0.1, -0.05) is 26.0 Å². The zero-order valence-electron chi connectivity index (χ0n) is 10.3. The Kier molecular flexibility index (Phi) is 6.22. The van der Waals surface area contributed by atoms with E-state index in [1.165, 1.54) is 17.8 Å². The first kappa shape index (κ1) is 14.2. The van der Waals surface area contributed by atoms with Gasteiger partial charge in [-0.3, -0.25) is 4.79 Å². The summed E-state index contributed by atoms with van der Waals surface area (Å²) in [5, 5.41) is 0. The summed E-state index contributed by atoms with van der Waals surface area (Å²) in [7, 11) is 0. The highest BCUT2D eigenvalue weighted by atomic mass is 32.2. The minimum atomic E-state index is -0.306. The lowest BCUT2D eigenvalue weighted by Crippen LogP contribution is -2.25. The highest BCUT2D eigenvalue weighted by Crippen LogP contribution is 2.24. The molecule has 1 rings (SSSR count). The van der Waals surface area contributed by atoms with Gasteiger partial charge in [0, 0.05) is 17.9 Å². The fourth-order valence-corrected chi connectivity index (χ4v) is 2.63. The number of nitrogens with zero attached hydrogens (tertiary/aromatic N) is 1. The molecule has 0 unspecified atom stereocenters. The Bertz CT molecular complexity index is 366. The third-order valence-corrected chi connectivity index (χ3v) is 3.78. The molecule has 0 amide bonds. The number of carbonyl (C=O) groups excluding carboxylic acids is 1. The first-order valence-electron chi connectivity index (χ1n) is 5.81. The van der Waals surface area contributed by atoms with E-state index in [-0.39, 0.29) is 5.82 Å². The van der Waals surface area contributed by atoms with Crippen LogP contribution in [-0.4, -0.2) is 36.6 Å². The molecule has 0 saturated heterocycles. The first-order chi connectivity index (χ1) is 8.22. The largest absolute Gasteiger partial charge is 0.303 e. The molecule has 0 N–H and O–H groups in total. The van der Waals surface area contributed by atoms with Gasteiger partial charge >= 0.3 is 0 Å². The molecule has 0 fully saturated rings. The topological polar surface area (TPSA) is 20.3 Å². The SMILES string of the molecule is CCN(CC)CCSc1c(F)cccc1C=O. The smallest absolute Gasteiger partial charge is 0.151 e. The molecule has 17 heavy (non-hydrogen) atoms. The Morgan fingerprint density at radius 1 is 1.35 bits per heavy atom. The van der Waals surface area contributed by atoms with Gasteiger partial charge in [0.1, 0.15) is 5.82 Å². The Morgan fingerprint density at radius 2 is 2.06 bits per heavy atom. The van der Waals surface area contributed by atoms with Gasteiger partial charge in [0.15, 0.2) is 6.29 Å². The van der Waals surface area contributed by atoms with Gasteiger partial charge in [-0.05, 0) is 19.2 Å². The monoisotopic (exact) mass is 255 g/mol. The summed E-state index contributed by atoms with van der Waals surface area (Å²) in [6, 6.07) is 4.61. The molecule has 0 aromatic heterocycles. The molecule has 94 valence electrons. The van der Waals surface area contributed by atoms with Crippen LogP contribution in [0.1, 0.15) is 24.2 Å². The highest BCUT2D eigenvalue weighted by Gasteiger charge is 2.08. The number of thioether (sulfide) groups is 1. The van der Waals surface area contributed by atoms with Crippen molar-refractivity contribution in [3.8, 4) is 0 Å². The van der Waals surface area contributed by atoms with E-state index >= 15 is 0 Å². The number of benzene rings is 1. The Morgan fingerprint density at radius 3 is 2.65 bits per heavy atom. The number of carbonyl (C=O) groups is 1. The molecule has 1 aromatic carbocycles. The minimum Gasteiger partial charge on any atom is -0.303 e. The van der Waals surface area contributed by atoms with Crippen LogP contribution in [0.3, 0.4) is 0 Å². The lowest BCUT2D eigenvalue weighted by Gasteiger charge is -2.17. The predicted molar refractivity (Wildman–Crippen MR) is 70.3 cm³/mol. The van der Waals surface area contributed by atoms with Crippen molar-refractivity contribution in [2.75, 3.05) is 25.4 Å². The van der Waals surface area contributed by atoms with Gasteiger partial charge in [-0.2, -0.15) is 0 Å². The number of halogens is 1. The molecule has 0 radical (unpaired) electrons. The zero-order valence-corrected chi connectivity index (χ0v) is 11.1. The molecule has 0 aliphatic carbocycles. The van der Waals surface area contributed by atoms with Crippen molar-refractivity contribution in [2.45, 2.75) is 18.7 Å². The van der Waals surface area contributed by atoms with Gasteiger partial charge < -0.3 is 4.90 Å². The molecular weight excluding hydrogens is 237 g/mol. The average molecular weight is 255 g/mol. The average Bonchev–Trinajstić information content (AvgIpc) is 2.36. The molecule has 0 spiro atoms. The molecule has 0 heterocycles. The molecule has 0 saturated carbocycles. The molecule has 0 atom stereocenters. The summed E-state index contributed by atoms with van der Waals surface area (Å²) >= 11 is 1.41. The van der Waals surface area contributed by atoms with Crippen molar-refractivity contribution in [1.82, 2.24) is 4.90 Å². The number of rotatable bonds is 7. The lowest BCUT2D eigenvalue weighted by atomic mass is 10.2. The van der Waals surface area contributed by atoms with Crippen molar-refractivity contribution >= 4 is 18.0 Å². The summed E-state index contributed by atoms with van der Waals surface area (Å²) in [5.41, 5.74) is 0.439. The van der Waals surface area contributed by atoms with Crippen LogP contribution in [0.25, 0.3) is 0 Å². The second kappa shape index (κ2) is 7.45. The summed E-state index contributed by atoms with van der Waals surface area (Å²) in [6.45, 7) is 7.11. The number of hydrogen-bond acceptors (Lipinski definition) is 3. The van der Waals surface area contributed by atoms with E-state index in [1.54, 1.807) is 12.1 Å². The van der Waals surface area contributed by atoms with Crippen LogP contribution < -0.4 is 0 Å². The minimum absolute atomic E-state index is 0.306. The lowest BCUT2D eigenvalue weighted by molar-refractivity contribution is 0.112.